The maximum absolute atomic E-state index is 5.96. The number of rotatable bonds is 2. The second-order valence-corrected chi connectivity index (χ2v) is 5.75. The van der Waals surface area contributed by atoms with Crippen LogP contribution in [0.15, 0.2) is 11.4 Å². The molecule has 0 aromatic carbocycles. The topological polar surface area (TPSA) is 15.3 Å². The van der Waals surface area contributed by atoms with Crippen LogP contribution in [-0.4, -0.2) is 30.6 Å². The average Bonchev–Trinajstić information content (AvgIpc) is 2.64. The van der Waals surface area contributed by atoms with E-state index in [0.29, 0.717) is 12.1 Å². The number of halogens is 1. The Kier molecular flexibility index (Phi) is 3.67. The zero-order valence-corrected chi connectivity index (χ0v) is 10.7. The molecule has 1 fully saturated rings. The largest absolute Gasteiger partial charge is 0.312 e. The molecule has 2 nitrogen and oxygen atoms in total. The van der Waals surface area contributed by atoms with Crippen LogP contribution in [0, 0.1) is 0 Å². The predicted octanol–water partition coefficient (Wildman–Crippen LogP) is 2.76. The molecular weight excluding hydrogens is 228 g/mol. The van der Waals surface area contributed by atoms with E-state index in [9.17, 15) is 0 Å². The van der Waals surface area contributed by atoms with Gasteiger partial charge in [-0.25, -0.2) is 0 Å². The molecule has 1 saturated heterocycles. The van der Waals surface area contributed by atoms with Gasteiger partial charge in [0.1, 0.15) is 0 Å². The van der Waals surface area contributed by atoms with E-state index in [4.69, 9.17) is 11.6 Å². The van der Waals surface area contributed by atoms with Crippen molar-refractivity contribution < 1.29 is 0 Å². The first-order valence-corrected chi connectivity index (χ1v) is 6.64. The van der Waals surface area contributed by atoms with Crippen LogP contribution in [0.1, 0.15) is 25.5 Å². The normalized spacial score (nSPS) is 25.4. The fraction of sp³-hybridized carbons (Fsp3) is 0.636. The molecule has 1 aromatic heterocycles. The quantitative estimate of drug-likeness (QED) is 0.861. The summed E-state index contributed by atoms with van der Waals surface area (Å²) in [7, 11) is 0. The monoisotopic (exact) mass is 244 g/mol. The van der Waals surface area contributed by atoms with Crippen molar-refractivity contribution in [2.75, 3.05) is 19.6 Å². The number of hydrogen-bond acceptors (Lipinski definition) is 3. The molecule has 1 aliphatic rings. The Morgan fingerprint density at radius 2 is 2.47 bits per heavy atom. The molecule has 1 N–H and O–H groups in total. The van der Waals surface area contributed by atoms with E-state index in [1.54, 1.807) is 11.3 Å². The first-order chi connectivity index (χ1) is 7.16. The van der Waals surface area contributed by atoms with Gasteiger partial charge in [-0.2, -0.15) is 0 Å². The van der Waals surface area contributed by atoms with E-state index in [2.05, 4.69) is 35.5 Å². The summed E-state index contributed by atoms with van der Waals surface area (Å²) in [6.45, 7) is 7.83. The molecule has 0 bridgehead atoms. The van der Waals surface area contributed by atoms with E-state index >= 15 is 0 Å². The van der Waals surface area contributed by atoms with Crippen molar-refractivity contribution in [3.8, 4) is 0 Å². The maximum atomic E-state index is 5.96. The van der Waals surface area contributed by atoms with Crippen LogP contribution in [0.25, 0.3) is 0 Å². The van der Waals surface area contributed by atoms with E-state index in [0.717, 1.165) is 24.0 Å². The second kappa shape index (κ2) is 4.83. The van der Waals surface area contributed by atoms with Crippen LogP contribution in [0.4, 0.5) is 0 Å². The molecule has 84 valence electrons. The lowest BCUT2D eigenvalue weighted by Crippen LogP contribution is -2.49. The highest BCUT2D eigenvalue weighted by atomic mass is 35.5. The van der Waals surface area contributed by atoms with Crippen LogP contribution < -0.4 is 5.32 Å². The first-order valence-electron chi connectivity index (χ1n) is 5.38. The second-order valence-electron chi connectivity index (χ2n) is 4.21. The Hall–Kier alpha value is -0.0900. The summed E-state index contributed by atoms with van der Waals surface area (Å²) in [5.41, 5.74) is 1.35. The summed E-state index contributed by atoms with van der Waals surface area (Å²) in [6.07, 6.45) is 0. The summed E-state index contributed by atoms with van der Waals surface area (Å²) < 4.78 is 0.889. The molecule has 0 aliphatic carbocycles. The fourth-order valence-electron chi connectivity index (χ4n) is 2.07. The molecular formula is C11H17ClN2S. The Morgan fingerprint density at radius 3 is 3.07 bits per heavy atom. The van der Waals surface area contributed by atoms with Crippen molar-refractivity contribution in [1.82, 2.24) is 10.2 Å². The third kappa shape index (κ3) is 2.72. The van der Waals surface area contributed by atoms with Crippen molar-refractivity contribution in [2.45, 2.75) is 25.9 Å². The Balaban J connectivity index is 2.03. The van der Waals surface area contributed by atoms with Gasteiger partial charge in [0.2, 0.25) is 0 Å². The number of nitrogens with zero attached hydrogens (tertiary/aromatic N) is 1. The third-order valence-electron chi connectivity index (χ3n) is 3.02. The van der Waals surface area contributed by atoms with E-state index < -0.39 is 0 Å². The smallest absolute Gasteiger partial charge is 0.0931 e. The zero-order chi connectivity index (χ0) is 10.8. The summed E-state index contributed by atoms with van der Waals surface area (Å²) in [6, 6.07) is 3.16. The van der Waals surface area contributed by atoms with Crippen LogP contribution in [0.5, 0.6) is 0 Å². The minimum absolute atomic E-state index is 0.485. The third-order valence-corrected chi connectivity index (χ3v) is 4.13. The van der Waals surface area contributed by atoms with Crippen molar-refractivity contribution in [2.24, 2.45) is 0 Å². The molecule has 0 spiro atoms. The summed E-state index contributed by atoms with van der Waals surface area (Å²) in [4.78, 5) is 2.51. The average molecular weight is 245 g/mol. The van der Waals surface area contributed by atoms with Crippen molar-refractivity contribution in [1.29, 1.82) is 0 Å². The van der Waals surface area contributed by atoms with Crippen LogP contribution in [0.3, 0.4) is 0 Å². The van der Waals surface area contributed by atoms with Crippen LogP contribution in [-0.2, 0) is 0 Å². The molecule has 4 heteroatoms. The Labute approximate surface area is 100 Å². The molecule has 1 aliphatic heterocycles. The SMILES string of the molecule is CC1CN(C(C)c2csc(Cl)c2)CCN1. The lowest BCUT2D eigenvalue weighted by molar-refractivity contribution is 0.159. The van der Waals surface area contributed by atoms with Gasteiger partial charge in [0.05, 0.1) is 4.34 Å². The molecule has 2 rings (SSSR count). The molecule has 1 aromatic rings. The zero-order valence-electron chi connectivity index (χ0n) is 9.16. The molecule has 0 radical (unpaired) electrons. The highest BCUT2D eigenvalue weighted by molar-refractivity contribution is 7.14. The first kappa shape index (κ1) is 11.4. The van der Waals surface area contributed by atoms with Gasteiger partial charge in [0.25, 0.3) is 0 Å². The maximum Gasteiger partial charge on any atom is 0.0931 e. The van der Waals surface area contributed by atoms with Gasteiger partial charge in [-0.3, -0.25) is 4.90 Å². The van der Waals surface area contributed by atoms with Gasteiger partial charge in [0.15, 0.2) is 0 Å². The van der Waals surface area contributed by atoms with Crippen molar-refractivity contribution >= 4 is 22.9 Å². The molecule has 2 heterocycles. The molecule has 0 amide bonds. The van der Waals surface area contributed by atoms with E-state index in [1.165, 1.54) is 5.56 Å². The lowest BCUT2D eigenvalue weighted by atomic mass is 10.1. The number of thiophene rings is 1. The Morgan fingerprint density at radius 1 is 1.67 bits per heavy atom. The Bertz CT molecular complexity index is 326. The van der Waals surface area contributed by atoms with Gasteiger partial charge >= 0.3 is 0 Å². The van der Waals surface area contributed by atoms with Crippen LogP contribution >= 0.6 is 22.9 Å². The highest BCUT2D eigenvalue weighted by Gasteiger charge is 2.21. The minimum atomic E-state index is 0.485. The summed E-state index contributed by atoms with van der Waals surface area (Å²) >= 11 is 7.58. The van der Waals surface area contributed by atoms with Gasteiger partial charge in [0, 0.05) is 31.7 Å². The van der Waals surface area contributed by atoms with Gasteiger partial charge in [-0.15, -0.1) is 11.3 Å². The lowest BCUT2D eigenvalue weighted by Gasteiger charge is -2.36. The van der Waals surface area contributed by atoms with E-state index in [1.807, 2.05) is 0 Å². The van der Waals surface area contributed by atoms with E-state index in [-0.39, 0.29) is 0 Å². The van der Waals surface area contributed by atoms with Gasteiger partial charge < -0.3 is 5.32 Å². The molecule has 0 saturated carbocycles. The molecule has 2 unspecified atom stereocenters. The fourth-order valence-corrected chi connectivity index (χ4v) is 3.04. The molecule has 15 heavy (non-hydrogen) atoms. The number of piperazine rings is 1. The number of hydrogen-bond donors (Lipinski definition) is 1. The van der Waals surface area contributed by atoms with Crippen molar-refractivity contribution in [3.63, 3.8) is 0 Å². The number of nitrogens with one attached hydrogen (secondary N) is 1. The molecule has 2 atom stereocenters. The predicted molar refractivity (Wildman–Crippen MR) is 66.8 cm³/mol. The van der Waals surface area contributed by atoms with Crippen LogP contribution in [0.2, 0.25) is 4.34 Å². The summed E-state index contributed by atoms with van der Waals surface area (Å²) in [5.74, 6) is 0. The summed E-state index contributed by atoms with van der Waals surface area (Å²) in [5, 5.41) is 5.62. The highest BCUT2D eigenvalue weighted by Crippen LogP contribution is 2.28. The standard InChI is InChI=1S/C11H17ClN2S/c1-8-6-14(4-3-13-8)9(2)10-5-11(12)15-7-10/h5,7-9,13H,3-4,6H2,1-2H3. The minimum Gasteiger partial charge on any atom is -0.312 e. The van der Waals surface area contributed by atoms with Crippen molar-refractivity contribution in [3.05, 3.63) is 21.3 Å². The van der Waals surface area contributed by atoms with Gasteiger partial charge in [-0.1, -0.05) is 11.6 Å². The van der Waals surface area contributed by atoms with Gasteiger partial charge in [-0.05, 0) is 30.9 Å².